The molecule has 0 aliphatic carbocycles. The van der Waals surface area contributed by atoms with Gasteiger partial charge in [-0.2, -0.15) is 15.4 Å². The number of hydrogen-bond donors (Lipinski definition) is 2. The van der Waals surface area contributed by atoms with Crippen molar-refractivity contribution in [1.29, 1.82) is 0 Å². The van der Waals surface area contributed by atoms with Crippen molar-refractivity contribution in [3.63, 3.8) is 0 Å². The van der Waals surface area contributed by atoms with Crippen LogP contribution in [-0.2, 0) is 9.59 Å². The van der Waals surface area contributed by atoms with E-state index in [1.807, 2.05) is 17.0 Å². The van der Waals surface area contributed by atoms with Crippen LogP contribution in [0, 0.1) is 23.7 Å². The van der Waals surface area contributed by atoms with Crippen LogP contribution in [0.2, 0.25) is 0 Å². The molecule has 0 spiro atoms. The highest BCUT2D eigenvalue weighted by molar-refractivity contribution is 5.97. The molecule has 9 nitrogen and oxygen atoms in total. The average molecular weight is 509 g/mol. The molecule has 2 bridgehead atoms. The summed E-state index contributed by atoms with van der Waals surface area (Å²) in [5.41, 5.74) is 2.04. The van der Waals surface area contributed by atoms with Crippen molar-refractivity contribution >= 4 is 28.8 Å². The number of aromatic amines is 1. The van der Waals surface area contributed by atoms with Gasteiger partial charge in [-0.05, 0) is 74.0 Å². The molecule has 1 aromatic carbocycles. The second kappa shape index (κ2) is 10.8. The summed E-state index contributed by atoms with van der Waals surface area (Å²) in [6.45, 7) is 8.45. The van der Waals surface area contributed by atoms with Gasteiger partial charge in [-0.1, -0.05) is 20.8 Å². The Labute approximate surface area is 218 Å². The molecule has 5 rings (SSSR count). The Bertz CT molecular complexity index is 1150. The van der Waals surface area contributed by atoms with E-state index in [0.29, 0.717) is 49.5 Å². The number of benzene rings is 1. The Morgan fingerprint density at radius 2 is 1.86 bits per heavy atom. The Kier molecular flexibility index (Phi) is 7.49. The lowest BCUT2D eigenvalue weighted by Gasteiger charge is -2.51. The maximum atomic E-state index is 13.6. The summed E-state index contributed by atoms with van der Waals surface area (Å²) >= 11 is 0. The van der Waals surface area contributed by atoms with E-state index in [1.165, 1.54) is 0 Å². The second-order valence-electron chi connectivity index (χ2n) is 11.9. The number of carbonyl (C=O) groups is 3. The highest BCUT2D eigenvalue weighted by Crippen LogP contribution is 2.37. The molecule has 4 heterocycles. The van der Waals surface area contributed by atoms with Gasteiger partial charge < -0.3 is 15.1 Å². The lowest BCUT2D eigenvalue weighted by Crippen LogP contribution is -2.60. The van der Waals surface area contributed by atoms with Crippen molar-refractivity contribution in [2.75, 3.05) is 19.6 Å². The van der Waals surface area contributed by atoms with Crippen molar-refractivity contribution in [3.8, 4) is 0 Å². The molecule has 0 saturated carbocycles. The number of rotatable bonds is 2. The fourth-order valence-corrected chi connectivity index (χ4v) is 6.63. The Hall–Kier alpha value is -2.97. The van der Waals surface area contributed by atoms with Gasteiger partial charge >= 0.3 is 0 Å². The largest absolute Gasteiger partial charge is 0.353 e. The Balaban J connectivity index is 1.33. The molecule has 0 radical (unpaired) electrons. The van der Waals surface area contributed by atoms with E-state index >= 15 is 0 Å². The summed E-state index contributed by atoms with van der Waals surface area (Å²) < 4.78 is 0. The third kappa shape index (κ3) is 5.65. The minimum Gasteiger partial charge on any atom is -0.353 e. The number of hydrogen-bond acceptors (Lipinski definition) is 5. The highest BCUT2D eigenvalue weighted by atomic mass is 16.2. The normalized spacial score (nSPS) is 29.8. The topological polar surface area (TPSA) is 111 Å². The van der Waals surface area contributed by atoms with E-state index in [-0.39, 0.29) is 47.6 Å². The SMILES string of the molecule is CC(C)[C@@H]1CC[C@@H](C)CC(=O)N2C[C@H]3C[C@H](CN(C(=O)c4ccc5n[nH]nc5c4)C3)[C@@H]2CCCC(=O)N1. The summed E-state index contributed by atoms with van der Waals surface area (Å²) in [7, 11) is 0. The zero-order valence-electron chi connectivity index (χ0n) is 22.3. The van der Waals surface area contributed by atoms with Gasteiger partial charge in [0.15, 0.2) is 0 Å². The van der Waals surface area contributed by atoms with Crippen LogP contribution >= 0.6 is 0 Å². The number of carbonyl (C=O) groups excluding carboxylic acids is 3. The average Bonchev–Trinajstić information content (AvgIpc) is 3.34. The molecule has 37 heavy (non-hydrogen) atoms. The summed E-state index contributed by atoms with van der Waals surface area (Å²) in [4.78, 5) is 43.8. The lowest BCUT2D eigenvalue weighted by atomic mass is 9.77. The van der Waals surface area contributed by atoms with Crippen LogP contribution in [0.1, 0.15) is 76.1 Å². The van der Waals surface area contributed by atoms with Gasteiger partial charge in [-0.3, -0.25) is 14.4 Å². The molecule has 9 heteroatoms. The molecule has 200 valence electrons. The molecule has 3 fully saturated rings. The molecule has 2 aromatic rings. The van der Waals surface area contributed by atoms with Crippen LogP contribution in [-0.4, -0.2) is 74.7 Å². The van der Waals surface area contributed by atoms with Crippen LogP contribution in [0.3, 0.4) is 0 Å². The van der Waals surface area contributed by atoms with E-state index in [4.69, 9.17) is 0 Å². The minimum absolute atomic E-state index is 0.0109. The van der Waals surface area contributed by atoms with Crippen molar-refractivity contribution in [3.05, 3.63) is 23.8 Å². The van der Waals surface area contributed by atoms with Crippen molar-refractivity contribution in [2.24, 2.45) is 23.7 Å². The fraction of sp³-hybridized carbons (Fsp3) is 0.679. The van der Waals surface area contributed by atoms with Crippen LogP contribution in [0.5, 0.6) is 0 Å². The molecule has 2 N–H and O–H groups in total. The number of nitrogens with zero attached hydrogens (tertiary/aromatic N) is 4. The minimum atomic E-state index is 0.0109. The van der Waals surface area contributed by atoms with Gasteiger partial charge in [0, 0.05) is 50.1 Å². The van der Waals surface area contributed by atoms with Crippen LogP contribution in [0.15, 0.2) is 18.2 Å². The number of amides is 3. The van der Waals surface area contributed by atoms with Crippen LogP contribution in [0.25, 0.3) is 11.0 Å². The highest BCUT2D eigenvalue weighted by Gasteiger charge is 2.43. The molecule has 3 aliphatic rings. The first-order chi connectivity index (χ1) is 17.8. The van der Waals surface area contributed by atoms with E-state index in [2.05, 4.69) is 46.4 Å². The van der Waals surface area contributed by atoms with E-state index < -0.39 is 0 Å². The summed E-state index contributed by atoms with van der Waals surface area (Å²) in [5.74, 6) is 1.51. The molecular formula is C28H40N6O3. The summed E-state index contributed by atoms with van der Waals surface area (Å²) in [6, 6.07) is 5.66. The van der Waals surface area contributed by atoms with Crippen molar-refractivity contribution in [2.45, 2.75) is 77.8 Å². The number of likely N-dealkylation sites (tertiary alicyclic amines) is 1. The first-order valence-corrected chi connectivity index (χ1v) is 14.0. The summed E-state index contributed by atoms with van der Waals surface area (Å²) in [5, 5.41) is 14.1. The third-order valence-electron chi connectivity index (χ3n) is 8.69. The van der Waals surface area contributed by atoms with Gasteiger partial charge in [0.05, 0.1) is 0 Å². The molecule has 3 aliphatic heterocycles. The Morgan fingerprint density at radius 3 is 2.68 bits per heavy atom. The van der Waals surface area contributed by atoms with Gasteiger partial charge in [0.25, 0.3) is 5.91 Å². The number of aromatic nitrogens is 3. The quantitative estimate of drug-likeness (QED) is 0.646. The first kappa shape index (κ1) is 25.7. The maximum Gasteiger partial charge on any atom is 0.253 e. The zero-order valence-corrected chi connectivity index (χ0v) is 22.3. The Morgan fingerprint density at radius 1 is 1.05 bits per heavy atom. The monoisotopic (exact) mass is 508 g/mol. The smallest absolute Gasteiger partial charge is 0.253 e. The number of piperidine rings is 2. The number of nitrogens with one attached hydrogen (secondary N) is 2. The molecule has 3 amide bonds. The van der Waals surface area contributed by atoms with Gasteiger partial charge in [-0.25, -0.2) is 0 Å². The van der Waals surface area contributed by atoms with Gasteiger partial charge in [0.1, 0.15) is 11.0 Å². The summed E-state index contributed by atoms with van der Waals surface area (Å²) in [6.07, 6.45) is 5.44. The van der Waals surface area contributed by atoms with Gasteiger partial charge in [-0.15, -0.1) is 0 Å². The third-order valence-corrected chi connectivity index (χ3v) is 8.69. The first-order valence-electron chi connectivity index (χ1n) is 14.0. The maximum absolute atomic E-state index is 13.6. The molecule has 5 atom stereocenters. The fourth-order valence-electron chi connectivity index (χ4n) is 6.63. The van der Waals surface area contributed by atoms with Crippen molar-refractivity contribution < 1.29 is 14.4 Å². The van der Waals surface area contributed by atoms with Crippen LogP contribution in [0.4, 0.5) is 0 Å². The predicted octanol–water partition coefficient (Wildman–Crippen LogP) is 3.38. The molecule has 1 aromatic heterocycles. The number of fused-ring (bicyclic) bond motifs is 5. The van der Waals surface area contributed by atoms with E-state index in [1.54, 1.807) is 6.07 Å². The zero-order chi connectivity index (χ0) is 26.1. The van der Waals surface area contributed by atoms with Crippen LogP contribution < -0.4 is 5.32 Å². The lowest BCUT2D eigenvalue weighted by molar-refractivity contribution is -0.141. The van der Waals surface area contributed by atoms with Gasteiger partial charge in [0.2, 0.25) is 11.8 Å². The number of H-pyrrole nitrogens is 1. The van der Waals surface area contributed by atoms with E-state index in [9.17, 15) is 14.4 Å². The second-order valence-corrected chi connectivity index (χ2v) is 11.9. The molecule has 0 unspecified atom stereocenters. The van der Waals surface area contributed by atoms with E-state index in [0.717, 1.165) is 37.6 Å². The van der Waals surface area contributed by atoms with Crippen molar-refractivity contribution in [1.82, 2.24) is 30.5 Å². The standard InChI is InChI=1S/C28H40N6O3/c1-17(2)22-9-7-18(3)11-27(36)34-15-19-12-21(25(34)5-4-6-26(35)29-22)16-33(14-19)28(37)20-8-10-23-24(13-20)31-32-30-23/h8,10,13,17-19,21-22,25H,4-7,9,11-12,14-16H2,1-3H3,(H,29,35)(H,30,31,32)/t18-,19+,21-,22+,25+/m1/s1. The molecular weight excluding hydrogens is 468 g/mol. The molecule has 3 saturated heterocycles. The predicted molar refractivity (Wildman–Crippen MR) is 141 cm³/mol.